The number of hydrogen-bond acceptors (Lipinski definition) is 6. The van der Waals surface area contributed by atoms with Crippen molar-refractivity contribution >= 4 is 39.8 Å². The smallest absolute Gasteiger partial charge is 0.309 e. The van der Waals surface area contributed by atoms with Gasteiger partial charge in [-0.1, -0.05) is 6.07 Å². The van der Waals surface area contributed by atoms with E-state index in [1.54, 1.807) is 23.7 Å². The lowest BCUT2D eigenvalue weighted by molar-refractivity contribution is -0.136. The fourth-order valence-electron chi connectivity index (χ4n) is 1.87. The molecular weight excluding hydrogens is 308 g/mol. The predicted molar refractivity (Wildman–Crippen MR) is 81.0 cm³/mol. The maximum Gasteiger partial charge on any atom is 0.309 e. The number of carbonyl (C=O) groups is 1. The molecular formula is C14H10N2O3S2. The Morgan fingerprint density at radius 2 is 2.19 bits per heavy atom. The van der Waals surface area contributed by atoms with Crippen molar-refractivity contribution in [1.82, 2.24) is 9.97 Å². The number of thiazole rings is 1. The molecule has 21 heavy (non-hydrogen) atoms. The lowest BCUT2D eigenvalue weighted by atomic mass is 10.2. The molecule has 2 heterocycles. The molecule has 1 aromatic carbocycles. The van der Waals surface area contributed by atoms with E-state index < -0.39 is 5.97 Å². The Hall–Kier alpha value is -2.12. The Labute approximate surface area is 128 Å². The summed E-state index contributed by atoms with van der Waals surface area (Å²) >= 11 is 2.75. The first-order chi connectivity index (χ1) is 10.1. The van der Waals surface area contributed by atoms with Gasteiger partial charge in [0.05, 0.1) is 12.1 Å². The lowest BCUT2D eigenvalue weighted by Gasteiger charge is -2.03. The van der Waals surface area contributed by atoms with Crippen LogP contribution in [0.2, 0.25) is 0 Å². The third-order valence-corrected chi connectivity index (χ3v) is 4.77. The first-order valence-corrected chi connectivity index (χ1v) is 7.73. The number of nitrogens with zero attached hydrogens (tertiary/aromatic N) is 2. The fraction of sp³-hybridized carbons (Fsp3) is 0.0714. The van der Waals surface area contributed by atoms with Gasteiger partial charge in [-0.3, -0.25) is 4.79 Å². The molecule has 0 saturated carbocycles. The van der Waals surface area contributed by atoms with Crippen molar-refractivity contribution in [2.45, 2.75) is 15.8 Å². The molecule has 106 valence electrons. The number of phenols is 1. The number of benzene rings is 1. The summed E-state index contributed by atoms with van der Waals surface area (Å²) in [6.07, 6.45) is 1.62. The number of aliphatic carboxylic acids is 1. The minimum atomic E-state index is -0.898. The van der Waals surface area contributed by atoms with Crippen LogP contribution in [0, 0.1) is 0 Å². The third kappa shape index (κ3) is 3.14. The van der Waals surface area contributed by atoms with Gasteiger partial charge in [0.1, 0.15) is 10.8 Å². The molecule has 0 atom stereocenters. The van der Waals surface area contributed by atoms with Crippen LogP contribution >= 0.6 is 23.1 Å². The van der Waals surface area contributed by atoms with Gasteiger partial charge in [-0.05, 0) is 35.3 Å². The largest absolute Gasteiger partial charge is 0.508 e. The fourth-order valence-corrected chi connectivity index (χ4v) is 3.71. The summed E-state index contributed by atoms with van der Waals surface area (Å²) in [6, 6.07) is 6.99. The maximum atomic E-state index is 10.7. The van der Waals surface area contributed by atoms with Gasteiger partial charge >= 0.3 is 5.97 Å². The van der Waals surface area contributed by atoms with Crippen LogP contribution in [-0.2, 0) is 11.2 Å². The van der Waals surface area contributed by atoms with Gasteiger partial charge in [-0.25, -0.2) is 9.97 Å². The summed E-state index contributed by atoms with van der Waals surface area (Å²) in [4.78, 5) is 19.3. The first-order valence-electron chi connectivity index (χ1n) is 6.03. The highest BCUT2D eigenvalue weighted by Crippen LogP contribution is 2.34. The van der Waals surface area contributed by atoms with Crippen LogP contribution in [0.5, 0.6) is 5.75 Å². The van der Waals surface area contributed by atoms with Crippen molar-refractivity contribution in [1.29, 1.82) is 0 Å². The molecule has 0 fully saturated rings. The number of pyridine rings is 1. The number of aromatic nitrogens is 2. The molecule has 2 aromatic heterocycles. The van der Waals surface area contributed by atoms with Gasteiger partial charge in [0.15, 0.2) is 4.34 Å². The molecule has 0 aliphatic carbocycles. The molecule has 0 radical (unpaired) electrons. The van der Waals surface area contributed by atoms with E-state index in [9.17, 15) is 9.90 Å². The van der Waals surface area contributed by atoms with E-state index in [0.717, 1.165) is 20.1 Å². The molecule has 0 aliphatic heterocycles. The highest BCUT2D eigenvalue weighted by molar-refractivity contribution is 8.01. The molecule has 0 saturated heterocycles. The van der Waals surface area contributed by atoms with Gasteiger partial charge in [-0.2, -0.15) is 0 Å². The average Bonchev–Trinajstić information content (AvgIpc) is 2.86. The topological polar surface area (TPSA) is 83.3 Å². The van der Waals surface area contributed by atoms with Gasteiger partial charge in [0.2, 0.25) is 0 Å². The molecule has 2 N–H and O–H groups in total. The summed E-state index contributed by atoms with van der Waals surface area (Å²) in [5, 5.41) is 22.7. The monoisotopic (exact) mass is 318 g/mol. The number of hydrogen-bond donors (Lipinski definition) is 2. The molecule has 7 heteroatoms. The Balaban J connectivity index is 1.92. The second-order valence-electron chi connectivity index (χ2n) is 4.30. The predicted octanol–water partition coefficient (Wildman–Crippen LogP) is 3.18. The lowest BCUT2D eigenvalue weighted by Crippen LogP contribution is -1.99. The zero-order valence-corrected chi connectivity index (χ0v) is 12.3. The minimum absolute atomic E-state index is 0.0825. The number of rotatable bonds is 4. The molecule has 3 rings (SSSR count). The SMILES string of the molecule is O=C(O)Cc1csc(Sc2nccc3ccc(O)cc23)n1. The van der Waals surface area contributed by atoms with E-state index in [1.165, 1.54) is 23.1 Å². The van der Waals surface area contributed by atoms with E-state index in [2.05, 4.69) is 9.97 Å². The second-order valence-corrected chi connectivity index (χ2v) is 6.39. The standard InChI is InChI=1S/C14H10N2O3S2/c17-10-2-1-8-3-4-15-13(11(8)6-10)21-14-16-9(7-20-14)5-12(18)19/h1-4,6-7,17H,5H2,(H,18,19). The number of fused-ring (bicyclic) bond motifs is 1. The Bertz CT molecular complexity index is 817. The summed E-state index contributed by atoms with van der Waals surface area (Å²) in [7, 11) is 0. The van der Waals surface area contributed by atoms with E-state index in [1.807, 2.05) is 12.1 Å². The van der Waals surface area contributed by atoms with E-state index in [-0.39, 0.29) is 12.2 Å². The van der Waals surface area contributed by atoms with Gasteiger partial charge in [0, 0.05) is 17.0 Å². The quantitative estimate of drug-likeness (QED) is 0.769. The molecule has 0 amide bonds. The zero-order chi connectivity index (χ0) is 14.8. The van der Waals surface area contributed by atoms with E-state index in [0.29, 0.717) is 5.69 Å². The summed E-state index contributed by atoms with van der Waals surface area (Å²) in [5.41, 5.74) is 0.540. The number of carboxylic acids is 1. The molecule has 0 spiro atoms. The van der Waals surface area contributed by atoms with Crippen molar-refractivity contribution in [3.05, 3.63) is 41.5 Å². The average molecular weight is 318 g/mol. The minimum Gasteiger partial charge on any atom is -0.508 e. The van der Waals surface area contributed by atoms with Crippen LogP contribution in [0.25, 0.3) is 10.8 Å². The van der Waals surface area contributed by atoms with Crippen molar-refractivity contribution in [3.63, 3.8) is 0 Å². The highest BCUT2D eigenvalue weighted by Gasteiger charge is 2.10. The second kappa shape index (κ2) is 5.71. The molecule has 5 nitrogen and oxygen atoms in total. The highest BCUT2D eigenvalue weighted by atomic mass is 32.2. The Morgan fingerprint density at radius 3 is 3.00 bits per heavy atom. The van der Waals surface area contributed by atoms with Gasteiger partial charge in [-0.15, -0.1) is 11.3 Å². The van der Waals surface area contributed by atoms with Crippen LogP contribution in [0.15, 0.2) is 45.2 Å². The van der Waals surface area contributed by atoms with Crippen molar-refractivity contribution in [3.8, 4) is 5.75 Å². The summed E-state index contributed by atoms with van der Waals surface area (Å²) in [6.45, 7) is 0. The zero-order valence-electron chi connectivity index (χ0n) is 10.7. The van der Waals surface area contributed by atoms with Crippen LogP contribution < -0.4 is 0 Å². The van der Waals surface area contributed by atoms with Crippen molar-refractivity contribution in [2.24, 2.45) is 0 Å². The molecule has 3 aromatic rings. The number of carboxylic acid groups (broad SMARTS) is 1. The molecule has 0 bridgehead atoms. The van der Waals surface area contributed by atoms with Crippen LogP contribution in [0.4, 0.5) is 0 Å². The Morgan fingerprint density at radius 1 is 1.33 bits per heavy atom. The van der Waals surface area contributed by atoms with Crippen LogP contribution in [0.1, 0.15) is 5.69 Å². The maximum absolute atomic E-state index is 10.7. The van der Waals surface area contributed by atoms with Crippen molar-refractivity contribution in [2.75, 3.05) is 0 Å². The van der Waals surface area contributed by atoms with Crippen LogP contribution in [0.3, 0.4) is 0 Å². The first kappa shape index (κ1) is 13.8. The van der Waals surface area contributed by atoms with Gasteiger partial charge < -0.3 is 10.2 Å². The normalized spacial score (nSPS) is 10.9. The number of phenolic OH excluding ortho intramolecular Hbond substituents is 1. The summed E-state index contributed by atoms with van der Waals surface area (Å²) < 4.78 is 0.731. The van der Waals surface area contributed by atoms with Crippen molar-refractivity contribution < 1.29 is 15.0 Å². The van der Waals surface area contributed by atoms with E-state index in [4.69, 9.17) is 5.11 Å². The van der Waals surface area contributed by atoms with Gasteiger partial charge in [0.25, 0.3) is 0 Å². The van der Waals surface area contributed by atoms with Crippen LogP contribution in [-0.4, -0.2) is 26.2 Å². The third-order valence-electron chi connectivity index (χ3n) is 2.76. The summed E-state index contributed by atoms with van der Waals surface area (Å²) in [5.74, 6) is -0.715. The molecule has 0 aliphatic rings. The van der Waals surface area contributed by atoms with E-state index >= 15 is 0 Å². The Kier molecular flexibility index (Phi) is 3.76. The molecule has 0 unspecified atom stereocenters. The number of aromatic hydroxyl groups is 1.